The lowest BCUT2D eigenvalue weighted by Gasteiger charge is -2.09. The molecule has 1 aliphatic rings. The molecule has 2 N–H and O–H groups in total. The van der Waals surface area contributed by atoms with Crippen molar-refractivity contribution in [3.63, 3.8) is 0 Å². The van der Waals surface area contributed by atoms with Gasteiger partial charge in [-0.1, -0.05) is 18.2 Å². The fourth-order valence-corrected chi connectivity index (χ4v) is 4.23. The Morgan fingerprint density at radius 1 is 0.917 bits per heavy atom. The van der Waals surface area contributed by atoms with Crippen LogP contribution in [-0.4, -0.2) is 23.1 Å². The average Bonchev–Trinajstić information content (AvgIpc) is 3.00. The fourth-order valence-electron chi connectivity index (χ4n) is 2.59. The van der Waals surface area contributed by atoms with Crippen molar-refractivity contribution in [3.05, 3.63) is 59.2 Å². The van der Waals surface area contributed by atoms with Crippen molar-refractivity contribution in [3.8, 4) is 0 Å². The van der Waals surface area contributed by atoms with E-state index >= 15 is 0 Å². The Labute approximate surface area is 141 Å². The van der Waals surface area contributed by atoms with Crippen LogP contribution in [0.5, 0.6) is 0 Å². The van der Waals surface area contributed by atoms with Crippen LogP contribution in [0.15, 0.2) is 52.3 Å². The Morgan fingerprint density at radius 2 is 1.54 bits per heavy atom. The van der Waals surface area contributed by atoms with Crippen LogP contribution in [0.1, 0.15) is 16.7 Å². The zero-order valence-electron chi connectivity index (χ0n) is 13.1. The highest BCUT2D eigenvalue weighted by molar-refractivity contribution is 7.90. The maximum atomic E-state index is 12.3. The third-order valence-corrected chi connectivity index (χ3v) is 6.48. The van der Waals surface area contributed by atoms with Gasteiger partial charge in [-0.3, -0.25) is 0 Å². The van der Waals surface area contributed by atoms with E-state index in [1.807, 2.05) is 18.2 Å². The van der Waals surface area contributed by atoms with Crippen LogP contribution in [0.4, 0.5) is 0 Å². The highest BCUT2D eigenvalue weighted by atomic mass is 32.2. The number of rotatable bonds is 5. The molecule has 0 saturated carbocycles. The third kappa shape index (κ3) is 3.67. The third-order valence-electron chi connectivity index (χ3n) is 3.93. The average molecular weight is 366 g/mol. The lowest BCUT2D eigenvalue weighted by Crippen LogP contribution is -2.23. The van der Waals surface area contributed by atoms with Gasteiger partial charge < -0.3 is 5.32 Å². The number of sulfone groups is 1. The summed E-state index contributed by atoms with van der Waals surface area (Å²) in [6.07, 6.45) is 1.08. The van der Waals surface area contributed by atoms with E-state index < -0.39 is 19.9 Å². The summed E-state index contributed by atoms with van der Waals surface area (Å²) < 4.78 is 50.1. The van der Waals surface area contributed by atoms with Gasteiger partial charge in [-0.05, 0) is 41.0 Å². The molecule has 2 aromatic carbocycles. The Balaban J connectivity index is 1.74. The van der Waals surface area contributed by atoms with Gasteiger partial charge in [0.25, 0.3) is 0 Å². The van der Waals surface area contributed by atoms with Crippen LogP contribution in [0, 0.1) is 0 Å². The topological polar surface area (TPSA) is 92.3 Å². The highest BCUT2D eigenvalue weighted by Gasteiger charge is 2.16. The zero-order valence-corrected chi connectivity index (χ0v) is 14.7. The molecule has 0 amide bonds. The summed E-state index contributed by atoms with van der Waals surface area (Å²) in [6.45, 7) is 1.82. The molecule has 128 valence electrons. The molecule has 0 saturated heterocycles. The molecule has 0 spiro atoms. The maximum absolute atomic E-state index is 12.3. The van der Waals surface area contributed by atoms with Gasteiger partial charge in [-0.15, -0.1) is 0 Å². The van der Waals surface area contributed by atoms with Crippen LogP contribution in [0.25, 0.3) is 0 Å². The second-order valence-corrected chi connectivity index (χ2v) is 9.56. The molecule has 1 heterocycles. The molecule has 8 heteroatoms. The Kier molecular flexibility index (Phi) is 4.48. The number of sulfonamides is 1. The van der Waals surface area contributed by atoms with Crippen LogP contribution < -0.4 is 10.0 Å². The van der Waals surface area contributed by atoms with E-state index in [-0.39, 0.29) is 16.3 Å². The van der Waals surface area contributed by atoms with E-state index in [1.165, 1.54) is 35.4 Å². The largest absolute Gasteiger partial charge is 0.309 e. The first-order chi connectivity index (χ1) is 11.3. The van der Waals surface area contributed by atoms with Crippen molar-refractivity contribution >= 4 is 19.9 Å². The minimum Gasteiger partial charge on any atom is -0.309 e. The van der Waals surface area contributed by atoms with Gasteiger partial charge in [0.2, 0.25) is 10.0 Å². The van der Waals surface area contributed by atoms with Crippen molar-refractivity contribution in [1.82, 2.24) is 10.0 Å². The predicted molar refractivity (Wildman–Crippen MR) is 90.6 cm³/mol. The van der Waals surface area contributed by atoms with Crippen LogP contribution in [-0.2, 0) is 39.5 Å². The first kappa shape index (κ1) is 17.1. The van der Waals surface area contributed by atoms with Crippen LogP contribution in [0.2, 0.25) is 0 Å². The Bertz CT molecular complexity index is 966. The molecule has 0 fully saturated rings. The van der Waals surface area contributed by atoms with Crippen molar-refractivity contribution in [2.45, 2.75) is 29.4 Å². The molecule has 0 unspecified atom stereocenters. The van der Waals surface area contributed by atoms with Gasteiger partial charge >= 0.3 is 0 Å². The number of nitrogens with one attached hydrogen (secondary N) is 2. The summed E-state index contributed by atoms with van der Waals surface area (Å²) in [5.41, 5.74) is 3.30. The molecule has 0 aliphatic carbocycles. The second-order valence-electron chi connectivity index (χ2n) is 5.77. The molecule has 1 aliphatic heterocycles. The zero-order chi connectivity index (χ0) is 17.4. The summed E-state index contributed by atoms with van der Waals surface area (Å²) in [6, 6.07) is 11.1. The van der Waals surface area contributed by atoms with E-state index in [4.69, 9.17) is 0 Å². The van der Waals surface area contributed by atoms with Gasteiger partial charge in [0.05, 0.1) is 9.79 Å². The molecular formula is C16H18N2O4S2. The van der Waals surface area contributed by atoms with Gasteiger partial charge in [0, 0.05) is 25.9 Å². The number of hydrogen-bond acceptors (Lipinski definition) is 5. The van der Waals surface area contributed by atoms with Gasteiger partial charge in [0.1, 0.15) is 0 Å². The van der Waals surface area contributed by atoms with E-state index in [9.17, 15) is 16.8 Å². The number of benzene rings is 2. The lowest BCUT2D eigenvalue weighted by molar-refractivity contribution is 0.580. The summed E-state index contributed by atoms with van der Waals surface area (Å²) in [5.74, 6) is 0. The number of hydrogen-bond donors (Lipinski definition) is 2. The fraction of sp³-hybridized carbons (Fsp3) is 0.250. The molecule has 6 nitrogen and oxygen atoms in total. The summed E-state index contributed by atoms with van der Waals surface area (Å²) >= 11 is 0. The minimum atomic E-state index is -3.70. The molecule has 2 aromatic rings. The summed E-state index contributed by atoms with van der Waals surface area (Å²) in [7, 11) is -7.04. The van der Waals surface area contributed by atoms with Crippen LogP contribution in [0.3, 0.4) is 0 Å². The van der Waals surface area contributed by atoms with Gasteiger partial charge in [0.15, 0.2) is 9.84 Å². The number of fused-ring (bicyclic) bond motifs is 1. The van der Waals surface area contributed by atoms with E-state index in [2.05, 4.69) is 10.0 Å². The Hall–Kier alpha value is -1.74. The Morgan fingerprint density at radius 3 is 2.21 bits per heavy atom. The first-order valence-corrected chi connectivity index (χ1v) is 10.7. The van der Waals surface area contributed by atoms with Crippen molar-refractivity contribution in [2.24, 2.45) is 0 Å². The molecule has 24 heavy (non-hydrogen) atoms. The molecule has 0 bridgehead atoms. The van der Waals surface area contributed by atoms with Crippen molar-refractivity contribution in [2.75, 3.05) is 6.26 Å². The van der Waals surface area contributed by atoms with Gasteiger partial charge in [-0.2, -0.15) is 0 Å². The van der Waals surface area contributed by atoms with E-state index in [0.717, 1.165) is 24.9 Å². The lowest BCUT2D eigenvalue weighted by atomic mass is 10.1. The minimum absolute atomic E-state index is 0.0396. The van der Waals surface area contributed by atoms with Crippen LogP contribution >= 0.6 is 0 Å². The van der Waals surface area contributed by atoms with Gasteiger partial charge in [-0.25, -0.2) is 21.6 Å². The smallest absolute Gasteiger partial charge is 0.240 e. The maximum Gasteiger partial charge on any atom is 0.240 e. The molecular weight excluding hydrogens is 348 g/mol. The monoisotopic (exact) mass is 366 g/mol. The highest BCUT2D eigenvalue weighted by Crippen LogP contribution is 2.18. The molecule has 0 radical (unpaired) electrons. The SMILES string of the molecule is CS(=O)(=O)c1ccc(S(=O)(=O)NCc2ccc3c(c2)CNC3)cc1. The molecule has 0 atom stereocenters. The standard InChI is InChI=1S/C16H18N2O4S2/c1-23(19,20)15-4-6-16(7-5-15)24(21,22)18-9-12-2-3-13-10-17-11-14(13)8-12/h2-8,17-18H,9-11H2,1H3. The molecule has 0 aromatic heterocycles. The first-order valence-electron chi connectivity index (χ1n) is 7.37. The summed E-state index contributed by atoms with van der Waals surface area (Å²) in [5, 5.41) is 3.24. The second kappa shape index (κ2) is 6.29. The quantitative estimate of drug-likeness (QED) is 0.829. The summed E-state index contributed by atoms with van der Waals surface area (Å²) in [4.78, 5) is 0.130. The van der Waals surface area contributed by atoms with E-state index in [0.29, 0.717) is 0 Å². The van der Waals surface area contributed by atoms with E-state index in [1.54, 1.807) is 0 Å². The van der Waals surface area contributed by atoms with Crippen molar-refractivity contribution < 1.29 is 16.8 Å². The molecule has 3 rings (SSSR count). The van der Waals surface area contributed by atoms with Crippen molar-refractivity contribution in [1.29, 1.82) is 0 Å². The predicted octanol–water partition coefficient (Wildman–Crippen LogP) is 1.17. The normalized spacial score (nSPS) is 14.5.